The predicted molar refractivity (Wildman–Crippen MR) is 73.0 cm³/mol. The summed E-state index contributed by atoms with van der Waals surface area (Å²) in [5.74, 6) is -1.34. The maximum Gasteiger partial charge on any atom is 0.326 e. The van der Waals surface area contributed by atoms with Crippen molar-refractivity contribution in [3.05, 3.63) is 33.4 Å². The van der Waals surface area contributed by atoms with Gasteiger partial charge in [-0.2, -0.15) is 0 Å². The van der Waals surface area contributed by atoms with Crippen molar-refractivity contribution in [3.8, 4) is 0 Å². The third kappa shape index (κ3) is 4.33. The van der Waals surface area contributed by atoms with E-state index < -0.39 is 12.0 Å². The lowest BCUT2D eigenvalue weighted by atomic mass is 10.1. The van der Waals surface area contributed by atoms with Crippen LogP contribution in [-0.2, 0) is 4.79 Å². The lowest BCUT2D eigenvalue weighted by Crippen LogP contribution is -2.40. The van der Waals surface area contributed by atoms with E-state index in [1.54, 1.807) is 18.2 Å². The Morgan fingerprint density at radius 3 is 2.71 bits per heavy atom. The molecule has 0 heterocycles. The van der Waals surface area contributed by atoms with E-state index in [1.165, 1.54) is 0 Å². The topological polar surface area (TPSA) is 66.4 Å². The number of amides is 1. The number of benzene rings is 1. The van der Waals surface area contributed by atoms with Gasteiger partial charge in [-0.25, -0.2) is 4.79 Å². The summed E-state index contributed by atoms with van der Waals surface area (Å²) in [5, 5.41) is 11.5. The zero-order valence-electron chi connectivity index (χ0n) is 9.44. The average Bonchev–Trinajstić information content (AvgIpc) is 2.28. The molecule has 0 aliphatic heterocycles. The van der Waals surface area contributed by atoms with E-state index >= 15 is 0 Å². The molecule has 1 amide bonds. The van der Waals surface area contributed by atoms with Gasteiger partial charge in [0.2, 0.25) is 0 Å². The predicted octanol–water partition coefficient (Wildman–Crippen LogP) is 2.27. The van der Waals surface area contributed by atoms with E-state index in [-0.39, 0.29) is 5.91 Å². The summed E-state index contributed by atoms with van der Waals surface area (Å²) in [4.78, 5) is 22.7. The lowest BCUT2D eigenvalue weighted by molar-refractivity contribution is -0.139. The van der Waals surface area contributed by atoms with Crippen molar-refractivity contribution in [1.82, 2.24) is 5.32 Å². The molecule has 1 rings (SSSR count). The van der Waals surface area contributed by atoms with E-state index in [1.807, 2.05) is 13.0 Å². The average molecular weight is 347 g/mol. The molecule has 0 aliphatic rings. The maximum absolute atomic E-state index is 11.8. The molecule has 5 heteroatoms. The minimum atomic E-state index is -0.995. The summed E-state index contributed by atoms with van der Waals surface area (Å²) in [6, 6.07) is 6.22. The van der Waals surface area contributed by atoms with Gasteiger partial charge < -0.3 is 10.4 Å². The van der Waals surface area contributed by atoms with Gasteiger partial charge in [-0.3, -0.25) is 4.79 Å². The van der Waals surface area contributed by atoms with Gasteiger partial charge in [0.15, 0.2) is 0 Å². The first kappa shape index (κ1) is 14.0. The second-order valence-electron chi connectivity index (χ2n) is 3.66. The van der Waals surface area contributed by atoms with E-state index in [4.69, 9.17) is 5.11 Å². The van der Waals surface area contributed by atoms with Crippen LogP contribution in [0.15, 0.2) is 24.3 Å². The Balaban J connectivity index is 2.73. The first-order chi connectivity index (χ1) is 8.04. The largest absolute Gasteiger partial charge is 0.480 e. The van der Waals surface area contributed by atoms with Crippen LogP contribution in [-0.4, -0.2) is 23.0 Å². The molecule has 0 fully saturated rings. The molecule has 0 spiro atoms. The third-order valence-corrected chi connectivity index (χ3v) is 2.94. The minimum Gasteiger partial charge on any atom is -0.480 e. The van der Waals surface area contributed by atoms with Crippen molar-refractivity contribution in [3.63, 3.8) is 0 Å². The summed E-state index contributed by atoms with van der Waals surface area (Å²) in [6.07, 6.45) is 1.15. The number of nitrogens with one attached hydrogen (secondary N) is 1. The molecular weight excluding hydrogens is 333 g/mol. The summed E-state index contributed by atoms with van der Waals surface area (Å²) in [5.41, 5.74) is 0.485. The van der Waals surface area contributed by atoms with Crippen molar-refractivity contribution in [2.24, 2.45) is 0 Å². The number of halogens is 1. The van der Waals surface area contributed by atoms with Crippen molar-refractivity contribution in [1.29, 1.82) is 0 Å². The van der Waals surface area contributed by atoms with Crippen LogP contribution < -0.4 is 5.32 Å². The normalized spacial score (nSPS) is 11.9. The van der Waals surface area contributed by atoms with Gasteiger partial charge in [-0.05, 0) is 47.2 Å². The molecule has 0 bridgehead atoms. The van der Waals surface area contributed by atoms with Gasteiger partial charge in [-0.1, -0.05) is 19.4 Å². The van der Waals surface area contributed by atoms with Crippen LogP contribution in [0.2, 0.25) is 0 Å². The SMILES string of the molecule is CCC[C@@H](NC(=O)c1cccc(I)c1)C(=O)O. The Bertz CT molecular complexity index is 420. The van der Waals surface area contributed by atoms with E-state index in [0.29, 0.717) is 18.4 Å². The highest BCUT2D eigenvalue weighted by atomic mass is 127. The molecule has 4 nitrogen and oxygen atoms in total. The Morgan fingerprint density at radius 1 is 1.47 bits per heavy atom. The fraction of sp³-hybridized carbons (Fsp3) is 0.333. The summed E-state index contributed by atoms with van der Waals surface area (Å²) < 4.78 is 0.942. The molecule has 0 aliphatic carbocycles. The van der Waals surface area contributed by atoms with Crippen LogP contribution >= 0.6 is 22.6 Å². The molecular formula is C12H14INO3. The number of aliphatic carboxylic acids is 1. The van der Waals surface area contributed by atoms with Gasteiger partial charge >= 0.3 is 5.97 Å². The summed E-state index contributed by atoms with van der Waals surface area (Å²) in [6.45, 7) is 1.88. The van der Waals surface area contributed by atoms with Crippen LogP contribution in [0.4, 0.5) is 0 Å². The lowest BCUT2D eigenvalue weighted by Gasteiger charge is -2.13. The quantitative estimate of drug-likeness (QED) is 0.803. The molecule has 0 aromatic heterocycles. The van der Waals surface area contributed by atoms with Crippen LogP contribution in [0.25, 0.3) is 0 Å². The van der Waals surface area contributed by atoms with Crippen LogP contribution in [0.5, 0.6) is 0 Å². The second-order valence-corrected chi connectivity index (χ2v) is 4.91. The van der Waals surface area contributed by atoms with Crippen molar-refractivity contribution in [2.75, 3.05) is 0 Å². The molecule has 0 saturated heterocycles. The Morgan fingerprint density at radius 2 is 2.18 bits per heavy atom. The number of hydrogen-bond acceptors (Lipinski definition) is 2. The second kappa shape index (κ2) is 6.58. The number of carboxylic acids is 1. The number of carboxylic acid groups (broad SMARTS) is 1. The number of carbonyl (C=O) groups is 2. The Kier molecular flexibility index (Phi) is 5.40. The molecule has 0 unspecified atom stereocenters. The molecule has 17 heavy (non-hydrogen) atoms. The number of hydrogen-bond donors (Lipinski definition) is 2. The van der Waals surface area contributed by atoms with Gasteiger partial charge in [-0.15, -0.1) is 0 Å². The van der Waals surface area contributed by atoms with Crippen LogP contribution in [0.3, 0.4) is 0 Å². The highest BCUT2D eigenvalue weighted by molar-refractivity contribution is 14.1. The van der Waals surface area contributed by atoms with Crippen molar-refractivity contribution >= 4 is 34.5 Å². The molecule has 1 aromatic carbocycles. The Hall–Kier alpha value is -1.11. The molecule has 0 saturated carbocycles. The first-order valence-corrected chi connectivity index (χ1v) is 6.41. The molecule has 2 N–H and O–H groups in total. The molecule has 92 valence electrons. The van der Waals surface area contributed by atoms with E-state index in [2.05, 4.69) is 27.9 Å². The highest BCUT2D eigenvalue weighted by Crippen LogP contribution is 2.08. The maximum atomic E-state index is 11.8. The van der Waals surface area contributed by atoms with Crippen LogP contribution in [0, 0.1) is 3.57 Å². The van der Waals surface area contributed by atoms with Crippen LogP contribution in [0.1, 0.15) is 30.1 Å². The summed E-state index contributed by atoms with van der Waals surface area (Å²) in [7, 11) is 0. The minimum absolute atomic E-state index is 0.343. The summed E-state index contributed by atoms with van der Waals surface area (Å²) >= 11 is 2.11. The standard InChI is InChI=1S/C12H14INO3/c1-2-4-10(12(16)17)14-11(15)8-5-3-6-9(13)7-8/h3,5-7,10H,2,4H2,1H3,(H,14,15)(H,16,17)/t10-/m1/s1. The van der Waals surface area contributed by atoms with Gasteiger partial charge in [0.1, 0.15) is 6.04 Å². The smallest absolute Gasteiger partial charge is 0.326 e. The zero-order chi connectivity index (χ0) is 12.8. The highest BCUT2D eigenvalue weighted by Gasteiger charge is 2.19. The van der Waals surface area contributed by atoms with Gasteiger partial charge in [0.05, 0.1) is 0 Å². The fourth-order valence-corrected chi connectivity index (χ4v) is 1.96. The van der Waals surface area contributed by atoms with Gasteiger partial charge in [0.25, 0.3) is 5.91 Å². The fourth-order valence-electron chi connectivity index (χ4n) is 1.42. The zero-order valence-corrected chi connectivity index (χ0v) is 11.6. The number of carbonyl (C=O) groups excluding carboxylic acids is 1. The molecule has 1 atom stereocenters. The third-order valence-electron chi connectivity index (χ3n) is 2.27. The van der Waals surface area contributed by atoms with E-state index in [9.17, 15) is 9.59 Å². The van der Waals surface area contributed by atoms with Crippen molar-refractivity contribution < 1.29 is 14.7 Å². The van der Waals surface area contributed by atoms with E-state index in [0.717, 1.165) is 3.57 Å². The molecule has 1 aromatic rings. The van der Waals surface area contributed by atoms with Crippen molar-refractivity contribution in [2.45, 2.75) is 25.8 Å². The first-order valence-electron chi connectivity index (χ1n) is 5.33. The Labute approximate surface area is 114 Å². The monoisotopic (exact) mass is 347 g/mol. The van der Waals surface area contributed by atoms with Gasteiger partial charge in [0, 0.05) is 9.13 Å². The molecule has 0 radical (unpaired) electrons. The number of rotatable bonds is 5.